The molecule has 0 aliphatic carbocycles. The van der Waals surface area contributed by atoms with Crippen molar-refractivity contribution in [2.45, 2.75) is 261 Å². The van der Waals surface area contributed by atoms with Gasteiger partial charge in [0.25, 0.3) is 5.91 Å². The Kier molecular flexibility index (Phi) is 44.5. The zero-order valence-corrected chi connectivity index (χ0v) is 55.3. The van der Waals surface area contributed by atoms with E-state index in [4.69, 9.17) is 33.5 Å². The second-order valence-electron chi connectivity index (χ2n) is 23.3. The number of alkyl halides is 1. The van der Waals surface area contributed by atoms with E-state index in [1.165, 1.54) is 6.92 Å². The summed E-state index contributed by atoms with van der Waals surface area (Å²) < 4.78 is 5.37. The van der Waals surface area contributed by atoms with Gasteiger partial charge < -0.3 is 101 Å². The molecule has 1 heterocycles. The average molecular weight is 1350 g/mol. The Labute approximate surface area is 550 Å². The van der Waals surface area contributed by atoms with Crippen molar-refractivity contribution in [1.82, 2.24) is 53.2 Å². The monoisotopic (exact) mass is 1350 g/mol. The zero-order chi connectivity index (χ0) is 69.8. The Hall–Kier alpha value is -6.61. The summed E-state index contributed by atoms with van der Waals surface area (Å²) in [6.07, 6.45) is 8.09. The quantitative estimate of drug-likeness (QED) is 0.0139. The molecule has 12 atom stereocenters. The number of aliphatic carboxylic acids is 1. The van der Waals surface area contributed by atoms with Gasteiger partial charge in [-0.25, -0.2) is 9.59 Å². The maximum Gasteiger partial charge on any atom is 0.335 e. The third-order valence-corrected chi connectivity index (χ3v) is 15.6. The van der Waals surface area contributed by atoms with Crippen LogP contribution in [0.2, 0.25) is 0 Å². The van der Waals surface area contributed by atoms with Gasteiger partial charge in [0.1, 0.15) is 54.6 Å². The average Bonchev–Trinajstić information content (AvgIpc) is 0.960. The van der Waals surface area contributed by atoms with Crippen LogP contribution in [0.25, 0.3) is 0 Å². The van der Waals surface area contributed by atoms with Crippen LogP contribution in [0.3, 0.4) is 0 Å². The number of carboxylic acid groups (broad SMARTS) is 1. The number of cyclic esters (lactones) is 1. The molecule has 0 unspecified atom stereocenters. The van der Waals surface area contributed by atoms with Crippen molar-refractivity contribution in [2.24, 2.45) is 17.2 Å². The molecule has 10 amide bonds. The van der Waals surface area contributed by atoms with E-state index >= 15 is 0 Å². The maximum absolute atomic E-state index is 14.6. The number of hydrogen-bond acceptors (Lipinski definition) is 20. The lowest BCUT2D eigenvalue weighted by Gasteiger charge is -2.29. The minimum atomic E-state index is -2.82. The Morgan fingerprint density at radius 3 is 1.56 bits per heavy atom. The second kappa shape index (κ2) is 49.0. The van der Waals surface area contributed by atoms with E-state index in [9.17, 15) is 83.1 Å². The zero-order valence-electron chi connectivity index (χ0n) is 54.6. The fraction of sp³-hybridized carbons (Fsp3) is 0.770. The van der Waals surface area contributed by atoms with Crippen molar-refractivity contribution in [3.05, 3.63) is 11.8 Å². The molecular formula is C61H108ClN13O18. The number of nitrogens with one attached hydrogen (secondary N) is 10. The number of rotatable bonds is 37. The molecule has 93 heavy (non-hydrogen) atoms. The predicted molar refractivity (Wildman–Crippen MR) is 343 cm³/mol. The van der Waals surface area contributed by atoms with Gasteiger partial charge in [0, 0.05) is 6.54 Å². The first-order chi connectivity index (χ1) is 44.3. The van der Waals surface area contributed by atoms with Gasteiger partial charge in [-0.3, -0.25) is 47.9 Å². The summed E-state index contributed by atoms with van der Waals surface area (Å²) in [4.78, 5) is 167. The van der Waals surface area contributed by atoms with Gasteiger partial charge in [-0.05, 0) is 78.4 Å². The Morgan fingerprint density at radius 1 is 0.570 bits per heavy atom. The van der Waals surface area contributed by atoms with E-state index in [1.54, 1.807) is 0 Å². The van der Waals surface area contributed by atoms with Crippen LogP contribution >= 0.6 is 11.6 Å². The summed E-state index contributed by atoms with van der Waals surface area (Å²) in [6.45, 7) is 5.10. The topological polar surface area (TPSA) is 514 Å². The minimum absolute atomic E-state index is 0.138. The van der Waals surface area contributed by atoms with E-state index in [0.29, 0.717) is 19.3 Å². The van der Waals surface area contributed by atoms with Gasteiger partial charge >= 0.3 is 11.9 Å². The van der Waals surface area contributed by atoms with Crippen molar-refractivity contribution >= 4 is 82.6 Å². The lowest BCUT2D eigenvalue weighted by atomic mass is 10.0. The summed E-state index contributed by atoms with van der Waals surface area (Å²) in [5.41, 5.74) is 16.8. The molecule has 0 bridgehead atoms. The van der Waals surface area contributed by atoms with E-state index in [0.717, 1.165) is 109 Å². The van der Waals surface area contributed by atoms with Crippen LogP contribution in [0.1, 0.15) is 188 Å². The number of hydrogen-bond donors (Lipinski definition) is 18. The first kappa shape index (κ1) is 84.4. The minimum Gasteiger partial charge on any atom is -0.479 e. The molecule has 1 fully saturated rings. The number of carboxylic acids is 1. The van der Waals surface area contributed by atoms with Gasteiger partial charge in [0.05, 0.1) is 37.0 Å². The Morgan fingerprint density at radius 2 is 1.05 bits per heavy atom. The molecular weight excluding hydrogens is 1240 g/mol. The molecule has 1 saturated heterocycles. The molecule has 0 saturated carbocycles. The van der Waals surface area contributed by atoms with E-state index in [-0.39, 0.29) is 58.3 Å². The van der Waals surface area contributed by atoms with Crippen LogP contribution in [0.15, 0.2) is 11.8 Å². The van der Waals surface area contributed by atoms with Crippen LogP contribution < -0.4 is 70.4 Å². The fourth-order valence-electron chi connectivity index (χ4n) is 9.80. The Bertz CT molecular complexity index is 2380. The SMILES string of the molecule is C/C=C1\NC(=O)[C@H]([C@H](C)O)NC(=O)[C@H](CCN)NC(=O)[C@H](CCCCN)NC(=O)[C@H](CC(=O)NCCCCCCCCCC)NC(=O)[C@@H](CCN)NC(=O)[C@@H](NC(=O)C[C@H](O)CCCCCCCCCCC)COC(=O)[C@H]([C@H](O)CCl)NC(=O)[C@H]([C@H](O)C(=O)O)NC1=O. The van der Waals surface area contributed by atoms with Crippen molar-refractivity contribution < 1.29 is 87.8 Å². The number of ether oxygens (including phenoxy) is 1. The third kappa shape index (κ3) is 34.4. The van der Waals surface area contributed by atoms with Gasteiger partial charge in [-0.2, -0.15) is 0 Å². The lowest BCUT2D eigenvalue weighted by molar-refractivity contribution is -0.155. The number of halogens is 1. The summed E-state index contributed by atoms with van der Waals surface area (Å²) in [6, 6.07) is -15.4. The van der Waals surface area contributed by atoms with E-state index < -0.39 is 175 Å². The highest BCUT2D eigenvalue weighted by atomic mass is 35.5. The summed E-state index contributed by atoms with van der Waals surface area (Å²) in [7, 11) is 0. The molecule has 0 aromatic rings. The van der Waals surface area contributed by atoms with Crippen molar-refractivity contribution in [2.75, 3.05) is 38.7 Å². The first-order valence-corrected chi connectivity index (χ1v) is 33.3. The number of aliphatic hydroxyl groups is 4. The molecule has 31 nitrogen and oxygen atoms in total. The Balaban J connectivity index is 4.10. The van der Waals surface area contributed by atoms with Crippen LogP contribution in [0.4, 0.5) is 0 Å². The van der Waals surface area contributed by atoms with E-state index in [1.807, 2.05) is 10.6 Å². The van der Waals surface area contributed by atoms with Gasteiger partial charge in [0.2, 0.25) is 53.2 Å². The van der Waals surface area contributed by atoms with Crippen molar-refractivity contribution in [3.63, 3.8) is 0 Å². The second-order valence-corrected chi connectivity index (χ2v) is 23.6. The molecule has 0 radical (unpaired) electrons. The normalized spacial score (nSPS) is 23.1. The van der Waals surface area contributed by atoms with Crippen LogP contribution in [0, 0.1) is 0 Å². The van der Waals surface area contributed by atoms with E-state index in [2.05, 4.69) is 56.4 Å². The number of aliphatic hydroxyl groups excluding tert-OH is 4. The highest BCUT2D eigenvalue weighted by molar-refractivity contribution is 6.18. The molecule has 32 heteroatoms. The standard InChI is InChI=1S/C61H108ClN13O18/c1-5-8-10-12-14-16-17-19-21-25-38(77)33-47(80)67-44-36-93-61(92)49(45(78)35-62)74-59(89)50(51(81)60(90)91)75-52(82)39(7-3)68-58(88)48(37(4)76)73-55(85)42(28-31-65)70-53(83)40(26-22-23-29-63)69-56(86)43(72-54(84)41(27-30-64)71-57(44)87)34-46(79)66-32-24-20-18-15-13-11-9-6-2/h7,37-38,40-45,48-51,76-78,81H,5-6,8-36,63-65H2,1-4H3,(H,66,79)(H,67,80)(H,68,88)(H,69,86)(H,70,83)(H,71,87)(H,72,84)(H,73,85)(H,74,89)(H,75,82)(H,90,91)/b39-7-/t37-,38+,40-,41+,42-,43-,44-,45+,48-,49-,50-,51-/m0/s1. The molecule has 0 aromatic heterocycles. The molecule has 1 aliphatic heterocycles. The highest BCUT2D eigenvalue weighted by Gasteiger charge is 2.41. The molecule has 1 aliphatic rings. The number of allylic oxidation sites excluding steroid dienone is 1. The lowest BCUT2D eigenvalue weighted by Crippen LogP contribution is -2.62. The van der Waals surface area contributed by atoms with Crippen LogP contribution in [-0.4, -0.2) is 208 Å². The highest BCUT2D eigenvalue weighted by Crippen LogP contribution is 2.15. The molecule has 532 valence electrons. The van der Waals surface area contributed by atoms with Crippen molar-refractivity contribution in [1.29, 1.82) is 0 Å². The number of carbonyl (C=O) groups is 12. The predicted octanol–water partition coefficient (Wildman–Crippen LogP) is -1.99. The number of amides is 10. The van der Waals surface area contributed by atoms with Gasteiger partial charge in [-0.15, -0.1) is 11.6 Å². The summed E-state index contributed by atoms with van der Waals surface area (Å²) in [5.74, 6) is -16.3. The summed E-state index contributed by atoms with van der Waals surface area (Å²) in [5, 5.41) is 76.5. The van der Waals surface area contributed by atoms with Gasteiger partial charge in [0.15, 0.2) is 12.1 Å². The van der Waals surface area contributed by atoms with Crippen LogP contribution in [-0.2, 0) is 62.3 Å². The number of nitrogens with two attached hydrogens (primary N) is 3. The summed E-state index contributed by atoms with van der Waals surface area (Å²) >= 11 is 5.92. The molecule has 0 aromatic carbocycles. The first-order valence-electron chi connectivity index (χ1n) is 32.8. The molecule has 21 N–H and O–H groups in total. The molecule has 0 spiro atoms. The molecule has 1 rings (SSSR count). The largest absolute Gasteiger partial charge is 0.479 e. The third-order valence-electron chi connectivity index (χ3n) is 15.3. The smallest absolute Gasteiger partial charge is 0.335 e. The van der Waals surface area contributed by atoms with Gasteiger partial charge in [-0.1, -0.05) is 123 Å². The number of carbonyl (C=O) groups excluding carboxylic acids is 11. The van der Waals surface area contributed by atoms with Crippen LogP contribution in [0.5, 0.6) is 0 Å². The van der Waals surface area contributed by atoms with Crippen molar-refractivity contribution in [3.8, 4) is 0 Å². The number of esters is 1. The number of unbranched alkanes of at least 4 members (excludes halogenated alkanes) is 16. The maximum atomic E-state index is 14.6. The fourth-order valence-corrected chi connectivity index (χ4v) is 9.97.